The van der Waals surface area contributed by atoms with Crippen molar-refractivity contribution in [2.75, 3.05) is 0 Å². The van der Waals surface area contributed by atoms with Crippen molar-refractivity contribution in [3.8, 4) is 0 Å². The first-order valence-corrected chi connectivity index (χ1v) is 11.1. The summed E-state index contributed by atoms with van der Waals surface area (Å²) in [5.74, 6) is 0. The van der Waals surface area contributed by atoms with Crippen LogP contribution in [-0.4, -0.2) is 4.57 Å². The van der Waals surface area contributed by atoms with Crippen molar-refractivity contribution < 1.29 is 0 Å². The lowest BCUT2D eigenvalue weighted by molar-refractivity contribution is 0.827. The molecule has 1 aromatic heterocycles. The van der Waals surface area contributed by atoms with Crippen LogP contribution in [0.1, 0.15) is 6.92 Å². The Labute approximate surface area is 167 Å². The highest BCUT2D eigenvalue weighted by atomic mass is 31.1. The first-order chi connectivity index (χ1) is 13.9. The van der Waals surface area contributed by atoms with Gasteiger partial charge in [0, 0.05) is 28.4 Å². The van der Waals surface area contributed by atoms with E-state index in [-0.39, 0.29) is 0 Å². The van der Waals surface area contributed by atoms with Crippen LogP contribution in [0.5, 0.6) is 0 Å². The number of benzene rings is 4. The average molecular weight is 379 g/mol. The van der Waals surface area contributed by atoms with Crippen LogP contribution in [0.15, 0.2) is 103 Å². The molecule has 4 aromatic carbocycles. The molecule has 0 aliphatic carbocycles. The predicted molar refractivity (Wildman–Crippen MR) is 124 cm³/mol. The SMILES string of the molecule is CCn1c2ccccc2c2ccc(P(c3ccccc3)c3ccccc3)cc21. The third-order valence-corrected chi connectivity index (χ3v) is 7.78. The van der Waals surface area contributed by atoms with E-state index in [4.69, 9.17) is 0 Å². The van der Waals surface area contributed by atoms with Crippen molar-refractivity contribution in [1.29, 1.82) is 0 Å². The number of nitrogens with zero attached hydrogens (tertiary/aromatic N) is 1. The van der Waals surface area contributed by atoms with E-state index in [2.05, 4.69) is 115 Å². The van der Waals surface area contributed by atoms with Crippen LogP contribution in [-0.2, 0) is 6.54 Å². The van der Waals surface area contributed by atoms with Gasteiger partial charge in [-0.3, -0.25) is 0 Å². The van der Waals surface area contributed by atoms with Crippen molar-refractivity contribution in [2.24, 2.45) is 0 Å². The Morgan fingerprint density at radius 3 is 1.79 bits per heavy atom. The third-order valence-electron chi connectivity index (χ3n) is 5.36. The number of fused-ring (bicyclic) bond motifs is 3. The Balaban J connectivity index is 1.77. The maximum atomic E-state index is 2.44. The van der Waals surface area contributed by atoms with Gasteiger partial charge < -0.3 is 4.57 Å². The van der Waals surface area contributed by atoms with Crippen molar-refractivity contribution in [3.63, 3.8) is 0 Å². The molecule has 0 N–H and O–H groups in total. The standard InChI is InChI=1S/C26H22NP/c1-2-27-25-16-10-9-15-23(25)24-18-17-22(19-26(24)27)28(20-11-5-3-6-12-20)21-13-7-4-8-14-21/h3-19H,2H2,1H3. The molecular formula is C26H22NP. The van der Waals surface area contributed by atoms with E-state index in [0.717, 1.165) is 6.54 Å². The zero-order valence-electron chi connectivity index (χ0n) is 15.9. The molecule has 0 aliphatic heterocycles. The second-order valence-electron chi connectivity index (χ2n) is 6.97. The number of hydrogen-bond acceptors (Lipinski definition) is 0. The lowest BCUT2D eigenvalue weighted by atomic mass is 10.2. The fourth-order valence-electron chi connectivity index (χ4n) is 4.12. The number of aryl methyl sites for hydroxylation is 1. The van der Waals surface area contributed by atoms with Gasteiger partial charge in [0.25, 0.3) is 0 Å². The van der Waals surface area contributed by atoms with Gasteiger partial charge in [-0.05, 0) is 42.9 Å². The van der Waals surface area contributed by atoms with Gasteiger partial charge in [0.2, 0.25) is 0 Å². The molecule has 1 nitrogen and oxygen atoms in total. The fraction of sp³-hybridized carbons (Fsp3) is 0.0769. The zero-order valence-corrected chi connectivity index (χ0v) is 16.8. The smallest absolute Gasteiger partial charge is 0.0497 e. The molecule has 0 saturated heterocycles. The van der Waals surface area contributed by atoms with Crippen molar-refractivity contribution in [3.05, 3.63) is 103 Å². The van der Waals surface area contributed by atoms with Gasteiger partial charge in [0.05, 0.1) is 0 Å². The van der Waals surface area contributed by atoms with Gasteiger partial charge in [-0.25, -0.2) is 0 Å². The Kier molecular flexibility index (Phi) is 4.47. The highest BCUT2D eigenvalue weighted by Crippen LogP contribution is 2.35. The Morgan fingerprint density at radius 2 is 1.14 bits per heavy atom. The summed E-state index contributed by atoms with van der Waals surface area (Å²) in [4.78, 5) is 0. The molecule has 28 heavy (non-hydrogen) atoms. The Morgan fingerprint density at radius 1 is 0.571 bits per heavy atom. The van der Waals surface area contributed by atoms with E-state index in [1.165, 1.54) is 37.7 Å². The normalized spacial score (nSPS) is 11.5. The molecular weight excluding hydrogens is 357 g/mol. The number of hydrogen-bond donors (Lipinski definition) is 0. The summed E-state index contributed by atoms with van der Waals surface area (Å²) in [6.45, 7) is 3.21. The van der Waals surface area contributed by atoms with E-state index in [1.807, 2.05) is 0 Å². The first-order valence-electron chi connectivity index (χ1n) is 9.78. The maximum absolute atomic E-state index is 2.44. The van der Waals surface area contributed by atoms with E-state index >= 15 is 0 Å². The second-order valence-corrected chi connectivity index (χ2v) is 9.19. The van der Waals surface area contributed by atoms with Gasteiger partial charge in [-0.2, -0.15) is 0 Å². The summed E-state index contributed by atoms with van der Waals surface area (Å²) in [6.07, 6.45) is 0. The molecule has 0 saturated carbocycles. The molecule has 0 aliphatic rings. The van der Waals surface area contributed by atoms with E-state index in [1.54, 1.807) is 0 Å². The Hall–Kier alpha value is -2.89. The minimum atomic E-state index is -0.579. The van der Waals surface area contributed by atoms with Crippen LogP contribution in [0, 0.1) is 0 Å². The highest BCUT2D eigenvalue weighted by Gasteiger charge is 2.18. The molecule has 0 spiro atoms. The van der Waals surface area contributed by atoms with Crippen LogP contribution in [0.4, 0.5) is 0 Å². The maximum Gasteiger partial charge on any atom is 0.0497 e. The molecule has 5 aromatic rings. The number of aromatic nitrogens is 1. The summed E-state index contributed by atoms with van der Waals surface area (Å²) in [5, 5.41) is 6.87. The minimum Gasteiger partial charge on any atom is -0.341 e. The van der Waals surface area contributed by atoms with E-state index in [0.29, 0.717) is 0 Å². The topological polar surface area (TPSA) is 4.93 Å². The zero-order chi connectivity index (χ0) is 18.9. The lowest BCUT2D eigenvalue weighted by Gasteiger charge is -2.19. The molecule has 0 fully saturated rings. The predicted octanol–water partition coefficient (Wildman–Crippen LogP) is 5.57. The van der Waals surface area contributed by atoms with E-state index < -0.39 is 7.92 Å². The molecule has 0 unspecified atom stereocenters. The summed E-state index contributed by atoms with van der Waals surface area (Å²) in [5.41, 5.74) is 2.65. The molecule has 2 heteroatoms. The summed E-state index contributed by atoms with van der Waals surface area (Å²) in [6, 6.07) is 37.6. The first kappa shape index (κ1) is 17.2. The van der Waals surface area contributed by atoms with Gasteiger partial charge >= 0.3 is 0 Å². The van der Waals surface area contributed by atoms with Crippen LogP contribution >= 0.6 is 7.92 Å². The quantitative estimate of drug-likeness (QED) is 0.360. The minimum absolute atomic E-state index is 0.579. The number of para-hydroxylation sites is 1. The van der Waals surface area contributed by atoms with Crippen molar-refractivity contribution >= 4 is 45.6 Å². The molecule has 0 bridgehead atoms. The van der Waals surface area contributed by atoms with Crippen LogP contribution in [0.3, 0.4) is 0 Å². The molecule has 0 amide bonds. The summed E-state index contributed by atoms with van der Waals surface area (Å²) >= 11 is 0. The number of rotatable bonds is 4. The molecule has 1 heterocycles. The monoisotopic (exact) mass is 379 g/mol. The van der Waals surface area contributed by atoms with Crippen molar-refractivity contribution in [1.82, 2.24) is 4.57 Å². The molecule has 5 rings (SSSR count). The summed E-state index contributed by atoms with van der Waals surface area (Å²) < 4.78 is 2.44. The summed E-state index contributed by atoms with van der Waals surface area (Å²) in [7, 11) is -0.579. The van der Waals surface area contributed by atoms with Crippen LogP contribution < -0.4 is 15.9 Å². The average Bonchev–Trinajstić information content (AvgIpc) is 3.08. The van der Waals surface area contributed by atoms with Gasteiger partial charge in [0.1, 0.15) is 0 Å². The lowest BCUT2D eigenvalue weighted by Crippen LogP contribution is -2.20. The molecule has 0 atom stereocenters. The van der Waals surface area contributed by atoms with Crippen LogP contribution in [0.2, 0.25) is 0 Å². The van der Waals surface area contributed by atoms with Gasteiger partial charge in [0.15, 0.2) is 0 Å². The highest BCUT2D eigenvalue weighted by molar-refractivity contribution is 7.79. The molecule has 136 valence electrons. The van der Waals surface area contributed by atoms with Crippen molar-refractivity contribution in [2.45, 2.75) is 13.5 Å². The largest absolute Gasteiger partial charge is 0.341 e. The van der Waals surface area contributed by atoms with Gasteiger partial charge in [-0.15, -0.1) is 0 Å². The van der Waals surface area contributed by atoms with E-state index in [9.17, 15) is 0 Å². The third kappa shape index (κ3) is 2.84. The second kappa shape index (κ2) is 7.26. The van der Waals surface area contributed by atoms with Crippen LogP contribution in [0.25, 0.3) is 21.8 Å². The molecule has 0 radical (unpaired) electrons. The van der Waals surface area contributed by atoms with Gasteiger partial charge in [-0.1, -0.05) is 91.0 Å². The fourth-order valence-corrected chi connectivity index (χ4v) is 6.43. The Bertz CT molecular complexity index is 1200.